The van der Waals surface area contributed by atoms with E-state index < -0.39 is 0 Å². The molecular formula is C28H25N2O+. The molecule has 5 aromatic rings. The number of fused-ring (bicyclic) bond motifs is 6. The van der Waals surface area contributed by atoms with Crippen LogP contribution >= 0.6 is 0 Å². The number of pyridine rings is 2. The first-order valence-electron chi connectivity index (χ1n) is 10.8. The van der Waals surface area contributed by atoms with Gasteiger partial charge in [-0.3, -0.25) is 0 Å². The molecule has 0 spiro atoms. The zero-order valence-corrected chi connectivity index (χ0v) is 18.6. The van der Waals surface area contributed by atoms with Crippen molar-refractivity contribution in [1.29, 1.82) is 0 Å². The lowest BCUT2D eigenvalue weighted by Crippen LogP contribution is -2.30. The topological polar surface area (TPSA) is 29.9 Å². The van der Waals surface area contributed by atoms with E-state index in [9.17, 15) is 0 Å². The van der Waals surface area contributed by atoms with E-state index in [1.807, 2.05) is 0 Å². The molecule has 3 heteroatoms. The van der Waals surface area contributed by atoms with Crippen LogP contribution in [0.1, 0.15) is 36.2 Å². The summed E-state index contributed by atoms with van der Waals surface area (Å²) in [7, 11) is 2.09. The van der Waals surface area contributed by atoms with Crippen molar-refractivity contribution in [2.24, 2.45) is 7.05 Å². The van der Waals surface area contributed by atoms with Gasteiger partial charge in [-0.2, -0.15) is 0 Å². The van der Waals surface area contributed by atoms with Crippen LogP contribution in [0.3, 0.4) is 0 Å². The number of benzene rings is 2. The van der Waals surface area contributed by atoms with Gasteiger partial charge in [-0.15, -0.1) is 0 Å². The van der Waals surface area contributed by atoms with Crippen LogP contribution in [-0.4, -0.2) is 4.98 Å². The largest absolute Gasteiger partial charge is 0.437 e. The molecule has 0 saturated carbocycles. The van der Waals surface area contributed by atoms with Gasteiger partial charge in [0.05, 0.1) is 11.3 Å². The van der Waals surface area contributed by atoms with Gasteiger partial charge in [0.25, 0.3) is 0 Å². The van der Waals surface area contributed by atoms with Crippen LogP contribution < -0.4 is 4.57 Å². The fraction of sp³-hybridized carbons (Fsp3) is 0.214. The molecule has 2 aromatic carbocycles. The predicted molar refractivity (Wildman–Crippen MR) is 125 cm³/mol. The van der Waals surface area contributed by atoms with E-state index in [-0.39, 0.29) is 5.41 Å². The van der Waals surface area contributed by atoms with Gasteiger partial charge in [-0.05, 0) is 42.2 Å². The van der Waals surface area contributed by atoms with Crippen LogP contribution in [0.15, 0.2) is 65.2 Å². The number of aromatic nitrogens is 2. The van der Waals surface area contributed by atoms with Gasteiger partial charge in [-0.25, -0.2) is 9.55 Å². The Morgan fingerprint density at radius 2 is 1.71 bits per heavy atom. The fourth-order valence-electron chi connectivity index (χ4n) is 5.18. The molecule has 0 aliphatic heterocycles. The van der Waals surface area contributed by atoms with E-state index >= 15 is 0 Å². The smallest absolute Gasteiger partial charge is 0.227 e. The maximum Gasteiger partial charge on any atom is 0.227 e. The highest BCUT2D eigenvalue weighted by Crippen LogP contribution is 2.49. The standard InChI is InChI=1S/C28H25N2O/c1-16-12-13-30(5)23(14-16)24-17(2)10-11-19-21-15-20-18-8-6-7-9-22(18)28(3,4)26(20)29-27(21)31-25(19)24/h6-15H,1-5H3/q+1. The Morgan fingerprint density at radius 1 is 0.903 bits per heavy atom. The molecule has 0 saturated heterocycles. The molecule has 0 N–H and O–H groups in total. The normalized spacial score (nSPS) is 14.2. The highest BCUT2D eigenvalue weighted by molar-refractivity contribution is 6.10. The molecule has 3 nitrogen and oxygen atoms in total. The van der Waals surface area contributed by atoms with Crippen molar-refractivity contribution in [2.45, 2.75) is 33.1 Å². The van der Waals surface area contributed by atoms with Crippen LogP contribution in [0.5, 0.6) is 0 Å². The van der Waals surface area contributed by atoms with E-state index in [0.717, 1.165) is 39.0 Å². The van der Waals surface area contributed by atoms with Gasteiger partial charge < -0.3 is 4.42 Å². The molecule has 0 atom stereocenters. The number of hydrogen-bond acceptors (Lipinski definition) is 2. The van der Waals surface area contributed by atoms with Crippen molar-refractivity contribution in [3.05, 3.63) is 83.2 Å². The maximum absolute atomic E-state index is 6.51. The number of hydrogen-bond donors (Lipinski definition) is 0. The Balaban J connectivity index is 1.71. The Labute approximate surface area is 182 Å². The van der Waals surface area contributed by atoms with Crippen LogP contribution in [0.4, 0.5) is 0 Å². The SMILES string of the molecule is Cc1cc[n+](C)c(-c2c(C)ccc3c2oc2nc4c(cc23)-c2ccccc2C4(C)C)c1. The van der Waals surface area contributed by atoms with E-state index in [2.05, 4.69) is 100 Å². The minimum absolute atomic E-state index is 0.138. The second-order valence-corrected chi connectivity index (χ2v) is 9.34. The number of nitrogens with zero attached hydrogens (tertiary/aromatic N) is 2. The molecule has 3 heterocycles. The van der Waals surface area contributed by atoms with Crippen LogP contribution in [0, 0.1) is 13.8 Å². The Bertz CT molecular complexity index is 1540. The van der Waals surface area contributed by atoms with Crippen molar-refractivity contribution in [2.75, 3.05) is 0 Å². The highest BCUT2D eigenvalue weighted by atomic mass is 16.3. The maximum atomic E-state index is 6.51. The third kappa shape index (κ3) is 2.40. The first kappa shape index (κ1) is 18.3. The summed E-state index contributed by atoms with van der Waals surface area (Å²) in [6, 6.07) is 19.7. The minimum Gasteiger partial charge on any atom is -0.437 e. The summed E-state index contributed by atoms with van der Waals surface area (Å²) in [5.41, 5.74) is 11.2. The highest BCUT2D eigenvalue weighted by Gasteiger charge is 2.37. The van der Waals surface area contributed by atoms with Crippen LogP contribution in [0.2, 0.25) is 0 Å². The zero-order valence-electron chi connectivity index (χ0n) is 18.6. The molecule has 152 valence electrons. The van der Waals surface area contributed by atoms with Crippen molar-refractivity contribution >= 4 is 22.1 Å². The summed E-state index contributed by atoms with van der Waals surface area (Å²) in [4.78, 5) is 5.09. The predicted octanol–water partition coefficient (Wildman–Crippen LogP) is 6.40. The Hall–Kier alpha value is -3.46. The molecule has 0 bridgehead atoms. The summed E-state index contributed by atoms with van der Waals surface area (Å²) < 4.78 is 8.67. The van der Waals surface area contributed by atoms with Crippen LogP contribution in [-0.2, 0) is 12.5 Å². The molecule has 0 radical (unpaired) electrons. The number of furan rings is 1. The summed E-state index contributed by atoms with van der Waals surface area (Å²) >= 11 is 0. The summed E-state index contributed by atoms with van der Waals surface area (Å²) in [6.45, 7) is 8.78. The molecule has 0 amide bonds. The minimum atomic E-state index is -0.138. The average Bonchev–Trinajstić information content (AvgIpc) is 3.22. The third-order valence-electron chi connectivity index (χ3n) is 6.89. The Kier molecular flexibility index (Phi) is 3.57. The van der Waals surface area contributed by atoms with E-state index in [1.165, 1.54) is 27.8 Å². The molecule has 0 fully saturated rings. The number of aryl methyl sites for hydroxylation is 3. The molecule has 31 heavy (non-hydrogen) atoms. The van der Waals surface area contributed by atoms with Gasteiger partial charge in [-0.1, -0.05) is 50.2 Å². The molecule has 6 rings (SSSR count). The van der Waals surface area contributed by atoms with Crippen molar-refractivity contribution in [1.82, 2.24) is 4.98 Å². The summed E-state index contributed by atoms with van der Waals surface area (Å²) in [6.07, 6.45) is 2.11. The lowest BCUT2D eigenvalue weighted by Gasteiger charge is -2.19. The van der Waals surface area contributed by atoms with Gasteiger partial charge in [0.2, 0.25) is 11.4 Å². The van der Waals surface area contributed by atoms with E-state index in [4.69, 9.17) is 9.40 Å². The Morgan fingerprint density at radius 3 is 2.55 bits per heavy atom. The molecule has 1 aliphatic carbocycles. The van der Waals surface area contributed by atoms with E-state index in [1.54, 1.807) is 0 Å². The quantitative estimate of drug-likeness (QED) is 0.302. The first-order valence-corrected chi connectivity index (χ1v) is 10.8. The summed E-state index contributed by atoms with van der Waals surface area (Å²) in [5.74, 6) is 0. The monoisotopic (exact) mass is 405 g/mol. The lowest BCUT2D eigenvalue weighted by molar-refractivity contribution is -0.660. The summed E-state index contributed by atoms with van der Waals surface area (Å²) in [5, 5.41) is 2.20. The van der Waals surface area contributed by atoms with Gasteiger partial charge in [0.1, 0.15) is 7.05 Å². The van der Waals surface area contributed by atoms with Crippen molar-refractivity contribution < 1.29 is 8.98 Å². The second kappa shape index (κ2) is 6.04. The number of rotatable bonds is 1. The molecule has 3 aromatic heterocycles. The van der Waals surface area contributed by atoms with Crippen molar-refractivity contribution in [3.8, 4) is 22.4 Å². The first-order chi connectivity index (χ1) is 14.9. The fourth-order valence-corrected chi connectivity index (χ4v) is 5.18. The molecule has 1 aliphatic rings. The zero-order chi connectivity index (χ0) is 21.5. The second-order valence-electron chi connectivity index (χ2n) is 9.34. The lowest BCUT2D eigenvalue weighted by atomic mass is 9.85. The average molecular weight is 406 g/mol. The van der Waals surface area contributed by atoms with E-state index in [0.29, 0.717) is 0 Å². The van der Waals surface area contributed by atoms with Crippen LogP contribution in [0.25, 0.3) is 44.5 Å². The van der Waals surface area contributed by atoms with Gasteiger partial charge >= 0.3 is 0 Å². The van der Waals surface area contributed by atoms with Crippen molar-refractivity contribution in [3.63, 3.8) is 0 Å². The van der Waals surface area contributed by atoms with Gasteiger partial charge in [0.15, 0.2) is 11.8 Å². The molecule has 0 unspecified atom stereocenters. The third-order valence-corrected chi connectivity index (χ3v) is 6.89. The van der Waals surface area contributed by atoms with Gasteiger partial charge in [0, 0.05) is 33.9 Å². The molecular weight excluding hydrogens is 380 g/mol.